The number of hydrogen-bond donors (Lipinski definition) is 2. The molecule has 29 heavy (non-hydrogen) atoms. The molecular formula is C25H53O3P. The van der Waals surface area contributed by atoms with Crippen LogP contribution in [0.15, 0.2) is 0 Å². The van der Waals surface area contributed by atoms with Gasteiger partial charge in [-0.3, -0.25) is 4.57 Å². The van der Waals surface area contributed by atoms with E-state index in [-0.39, 0.29) is 0 Å². The van der Waals surface area contributed by atoms with E-state index in [4.69, 9.17) is 0 Å². The maximum absolute atomic E-state index is 11.9. The molecule has 0 aliphatic heterocycles. The highest BCUT2D eigenvalue weighted by Gasteiger charge is 2.40. The maximum atomic E-state index is 11.9. The molecular weight excluding hydrogens is 379 g/mol. The lowest BCUT2D eigenvalue weighted by molar-refractivity contribution is 0.307. The summed E-state index contributed by atoms with van der Waals surface area (Å²) in [5, 5.41) is -0.807. The van der Waals surface area contributed by atoms with Gasteiger partial charge in [0.25, 0.3) is 0 Å². The predicted octanol–water partition coefficient (Wildman–Crippen LogP) is 9.15. The van der Waals surface area contributed by atoms with E-state index in [1.165, 1.54) is 96.3 Å². The zero-order valence-electron chi connectivity index (χ0n) is 20.1. The van der Waals surface area contributed by atoms with Crippen molar-refractivity contribution in [2.75, 3.05) is 0 Å². The fraction of sp³-hybridized carbons (Fsp3) is 1.00. The Morgan fingerprint density at radius 1 is 0.517 bits per heavy atom. The van der Waals surface area contributed by atoms with Crippen LogP contribution >= 0.6 is 7.60 Å². The van der Waals surface area contributed by atoms with Gasteiger partial charge in [-0.2, -0.15) is 0 Å². The molecule has 0 aromatic heterocycles. The van der Waals surface area contributed by atoms with E-state index in [0.29, 0.717) is 12.8 Å². The van der Waals surface area contributed by atoms with Crippen LogP contribution in [0.1, 0.15) is 156 Å². The normalized spacial score (nSPS) is 14.2. The highest BCUT2D eigenvalue weighted by molar-refractivity contribution is 7.53. The topological polar surface area (TPSA) is 57.5 Å². The Labute approximate surface area is 183 Å². The molecule has 0 aliphatic rings. The van der Waals surface area contributed by atoms with Gasteiger partial charge in [0.15, 0.2) is 0 Å². The van der Waals surface area contributed by atoms with Crippen LogP contribution in [-0.4, -0.2) is 14.9 Å². The lowest BCUT2D eigenvalue weighted by Gasteiger charge is -2.30. The molecule has 0 heterocycles. The molecule has 3 nitrogen and oxygen atoms in total. The fourth-order valence-electron chi connectivity index (χ4n) is 4.20. The molecule has 0 aromatic rings. The Hall–Kier alpha value is 0.150. The summed E-state index contributed by atoms with van der Waals surface area (Å²) < 4.78 is 11.9. The van der Waals surface area contributed by atoms with Gasteiger partial charge in [-0.1, -0.05) is 136 Å². The first kappa shape index (κ1) is 29.1. The second-order valence-corrected chi connectivity index (χ2v) is 11.7. The van der Waals surface area contributed by atoms with Crippen LogP contribution in [0, 0.1) is 0 Å². The van der Waals surface area contributed by atoms with Crippen molar-refractivity contribution in [1.29, 1.82) is 0 Å². The molecule has 0 saturated carbocycles. The van der Waals surface area contributed by atoms with Crippen molar-refractivity contribution in [2.24, 2.45) is 0 Å². The minimum absolute atomic E-state index is 0.645. The van der Waals surface area contributed by atoms with Crippen LogP contribution in [0.4, 0.5) is 0 Å². The minimum atomic E-state index is -4.01. The first-order chi connectivity index (χ1) is 13.9. The van der Waals surface area contributed by atoms with Crippen LogP contribution in [-0.2, 0) is 4.57 Å². The third-order valence-electron chi connectivity index (χ3n) is 6.59. The molecule has 176 valence electrons. The zero-order chi connectivity index (χ0) is 21.8. The van der Waals surface area contributed by atoms with Crippen molar-refractivity contribution >= 4 is 7.60 Å². The Kier molecular flexibility index (Phi) is 19.0. The molecule has 0 radical (unpaired) electrons. The average Bonchev–Trinajstić information content (AvgIpc) is 2.68. The molecule has 0 rings (SSSR count). The quantitative estimate of drug-likeness (QED) is 0.132. The summed E-state index contributed by atoms with van der Waals surface area (Å²) in [6, 6.07) is 0. The van der Waals surface area contributed by atoms with Gasteiger partial charge in [0.2, 0.25) is 0 Å². The first-order valence-corrected chi connectivity index (χ1v) is 14.5. The Morgan fingerprint density at radius 3 is 1.10 bits per heavy atom. The largest absolute Gasteiger partial charge is 0.331 e. The van der Waals surface area contributed by atoms with Gasteiger partial charge >= 0.3 is 7.60 Å². The Morgan fingerprint density at radius 2 is 0.793 bits per heavy atom. The monoisotopic (exact) mass is 432 g/mol. The summed E-state index contributed by atoms with van der Waals surface area (Å²) in [6.45, 7) is 6.14. The van der Waals surface area contributed by atoms with Gasteiger partial charge in [0.05, 0.1) is 5.16 Å². The molecule has 0 aliphatic carbocycles. The van der Waals surface area contributed by atoms with Crippen LogP contribution < -0.4 is 0 Å². The van der Waals surface area contributed by atoms with Crippen molar-refractivity contribution in [2.45, 2.75) is 161 Å². The standard InChI is InChI=1S/C25H53O3P/c1-4-6-8-9-10-11-12-13-14-15-16-17-18-19-20-21-22-24-25(3,23-7-5-2)29(26,27)28/h4-24H2,1-3H3,(H2,26,27,28). The van der Waals surface area contributed by atoms with Crippen LogP contribution in [0.3, 0.4) is 0 Å². The van der Waals surface area contributed by atoms with E-state index in [0.717, 1.165) is 25.7 Å². The molecule has 0 amide bonds. The molecule has 0 saturated heterocycles. The van der Waals surface area contributed by atoms with E-state index < -0.39 is 12.8 Å². The number of rotatable bonds is 22. The second-order valence-electron chi connectivity index (χ2n) is 9.55. The summed E-state index contributed by atoms with van der Waals surface area (Å²) in [5.74, 6) is 0. The lowest BCUT2D eigenvalue weighted by Crippen LogP contribution is -2.24. The van der Waals surface area contributed by atoms with Crippen LogP contribution in [0.5, 0.6) is 0 Å². The summed E-state index contributed by atoms with van der Waals surface area (Å²) in [4.78, 5) is 19.4. The Balaban J connectivity index is 3.45. The maximum Gasteiger partial charge on any atom is 0.331 e. The van der Waals surface area contributed by atoms with Crippen molar-refractivity contribution < 1.29 is 14.4 Å². The van der Waals surface area contributed by atoms with Gasteiger partial charge in [-0.05, 0) is 19.8 Å². The highest BCUT2D eigenvalue weighted by Crippen LogP contribution is 2.55. The third kappa shape index (κ3) is 16.5. The second kappa shape index (κ2) is 18.9. The average molecular weight is 433 g/mol. The molecule has 0 bridgehead atoms. The third-order valence-corrected chi connectivity index (χ3v) is 8.44. The summed E-state index contributed by atoms with van der Waals surface area (Å²) in [5.41, 5.74) is 0. The van der Waals surface area contributed by atoms with Gasteiger partial charge < -0.3 is 9.79 Å². The smallest absolute Gasteiger partial charge is 0.324 e. The van der Waals surface area contributed by atoms with Crippen LogP contribution in [0.2, 0.25) is 0 Å². The van der Waals surface area contributed by atoms with Crippen LogP contribution in [0.25, 0.3) is 0 Å². The summed E-state index contributed by atoms with van der Waals surface area (Å²) in [7, 11) is -4.01. The Bertz CT molecular complexity index is 394. The van der Waals surface area contributed by atoms with Gasteiger partial charge in [0.1, 0.15) is 0 Å². The minimum Gasteiger partial charge on any atom is -0.324 e. The number of unbranched alkanes of at least 4 members (excludes halogenated alkanes) is 17. The molecule has 0 spiro atoms. The zero-order valence-corrected chi connectivity index (χ0v) is 21.0. The SMILES string of the molecule is CCCCCCCCCCCCCCCCCCCC(C)(CCCC)P(=O)(O)O. The molecule has 1 unspecified atom stereocenters. The molecule has 0 aromatic carbocycles. The summed E-state index contributed by atoms with van der Waals surface area (Å²) in [6.07, 6.45) is 26.0. The van der Waals surface area contributed by atoms with Gasteiger partial charge in [0, 0.05) is 0 Å². The van der Waals surface area contributed by atoms with E-state index in [2.05, 4.69) is 13.8 Å². The van der Waals surface area contributed by atoms with E-state index in [1.54, 1.807) is 6.92 Å². The number of hydrogen-bond acceptors (Lipinski definition) is 1. The van der Waals surface area contributed by atoms with E-state index >= 15 is 0 Å². The van der Waals surface area contributed by atoms with E-state index in [1.807, 2.05) is 0 Å². The van der Waals surface area contributed by atoms with Crippen molar-refractivity contribution in [3.05, 3.63) is 0 Å². The van der Waals surface area contributed by atoms with E-state index in [9.17, 15) is 14.4 Å². The van der Waals surface area contributed by atoms with Crippen molar-refractivity contribution in [1.82, 2.24) is 0 Å². The first-order valence-electron chi connectivity index (χ1n) is 12.9. The molecule has 2 N–H and O–H groups in total. The molecule has 4 heteroatoms. The highest BCUT2D eigenvalue weighted by atomic mass is 31.2. The van der Waals surface area contributed by atoms with Crippen molar-refractivity contribution in [3.63, 3.8) is 0 Å². The predicted molar refractivity (Wildman–Crippen MR) is 129 cm³/mol. The van der Waals surface area contributed by atoms with Gasteiger partial charge in [-0.15, -0.1) is 0 Å². The van der Waals surface area contributed by atoms with Crippen molar-refractivity contribution in [3.8, 4) is 0 Å². The van der Waals surface area contributed by atoms with Gasteiger partial charge in [-0.25, -0.2) is 0 Å². The summed E-state index contributed by atoms with van der Waals surface area (Å²) >= 11 is 0. The molecule has 1 atom stereocenters. The lowest BCUT2D eigenvalue weighted by atomic mass is 9.95. The molecule has 0 fully saturated rings. The fourth-order valence-corrected chi connectivity index (χ4v) is 5.10.